The molecule has 0 saturated heterocycles. The van der Waals surface area contributed by atoms with Crippen LogP contribution < -0.4 is 4.72 Å². The van der Waals surface area contributed by atoms with Crippen LogP contribution in [-0.2, 0) is 16.2 Å². The second-order valence-corrected chi connectivity index (χ2v) is 9.27. The standard InChI is InChI=1S/C17H14F3NO3S3/c18-17(19,20)12-2-1-3-13(8-12)27(23,24)21-9-14(22)16-5-4-15(26-16)11-6-7-25-10-11/h1-8,10,14,21-22H,9H2/t14-/m1/s1. The molecule has 0 aliphatic rings. The van der Waals surface area contributed by atoms with Crippen LogP contribution in [0.15, 0.2) is 58.1 Å². The first kappa shape index (κ1) is 20.0. The van der Waals surface area contributed by atoms with Crippen LogP contribution >= 0.6 is 22.7 Å². The van der Waals surface area contributed by atoms with Gasteiger partial charge in [-0.1, -0.05) is 6.07 Å². The second kappa shape index (κ2) is 7.72. The van der Waals surface area contributed by atoms with Crippen molar-refractivity contribution in [2.75, 3.05) is 6.54 Å². The summed E-state index contributed by atoms with van der Waals surface area (Å²) in [6, 6.07) is 8.92. The Morgan fingerprint density at radius 3 is 2.59 bits per heavy atom. The van der Waals surface area contributed by atoms with Gasteiger partial charge in [0.15, 0.2) is 0 Å². The summed E-state index contributed by atoms with van der Waals surface area (Å²) in [6.07, 6.45) is -5.75. The summed E-state index contributed by atoms with van der Waals surface area (Å²) >= 11 is 2.86. The van der Waals surface area contributed by atoms with E-state index in [0.29, 0.717) is 10.9 Å². The summed E-state index contributed by atoms with van der Waals surface area (Å²) in [7, 11) is -4.19. The SMILES string of the molecule is O=S(=O)(NC[C@@H](O)c1ccc(-c2ccsc2)s1)c1cccc(C(F)(F)F)c1. The minimum absolute atomic E-state index is 0.345. The van der Waals surface area contributed by atoms with Crippen molar-refractivity contribution in [2.45, 2.75) is 17.2 Å². The lowest BCUT2D eigenvalue weighted by atomic mass is 10.2. The van der Waals surface area contributed by atoms with Crippen molar-refractivity contribution in [2.24, 2.45) is 0 Å². The number of hydrogen-bond acceptors (Lipinski definition) is 5. The fourth-order valence-corrected chi connectivity index (χ4v) is 5.11. The third kappa shape index (κ3) is 4.77. The number of benzene rings is 1. The van der Waals surface area contributed by atoms with Gasteiger partial charge in [0.25, 0.3) is 0 Å². The normalized spacial score (nSPS) is 13.6. The molecule has 3 aromatic rings. The minimum Gasteiger partial charge on any atom is -0.386 e. The third-order valence-corrected chi connectivity index (χ3v) is 7.04. The number of halogens is 3. The van der Waals surface area contributed by atoms with E-state index in [2.05, 4.69) is 4.72 Å². The number of aliphatic hydroxyl groups excluding tert-OH is 1. The molecular weight excluding hydrogens is 419 g/mol. The molecule has 2 heterocycles. The van der Waals surface area contributed by atoms with Crippen LogP contribution in [0.1, 0.15) is 16.5 Å². The fourth-order valence-electron chi connectivity index (χ4n) is 2.30. The Bertz CT molecular complexity index is 1010. The zero-order valence-electron chi connectivity index (χ0n) is 13.6. The van der Waals surface area contributed by atoms with Gasteiger partial charge in [-0.15, -0.1) is 11.3 Å². The topological polar surface area (TPSA) is 66.4 Å². The van der Waals surface area contributed by atoms with Gasteiger partial charge in [0.1, 0.15) is 6.10 Å². The van der Waals surface area contributed by atoms with E-state index in [-0.39, 0.29) is 6.54 Å². The zero-order valence-corrected chi connectivity index (χ0v) is 16.1. The van der Waals surface area contributed by atoms with E-state index in [9.17, 15) is 26.7 Å². The Hall–Kier alpha value is -1.72. The molecule has 10 heteroatoms. The van der Waals surface area contributed by atoms with E-state index in [1.807, 2.05) is 22.9 Å². The van der Waals surface area contributed by atoms with Crippen LogP contribution in [-0.4, -0.2) is 20.1 Å². The average Bonchev–Trinajstić information content (AvgIpc) is 3.30. The van der Waals surface area contributed by atoms with Crippen molar-refractivity contribution in [3.63, 3.8) is 0 Å². The largest absolute Gasteiger partial charge is 0.416 e. The van der Waals surface area contributed by atoms with Gasteiger partial charge in [-0.05, 0) is 47.2 Å². The molecule has 0 fully saturated rings. The van der Waals surface area contributed by atoms with Gasteiger partial charge in [-0.25, -0.2) is 13.1 Å². The Morgan fingerprint density at radius 1 is 1.15 bits per heavy atom. The summed E-state index contributed by atoms with van der Waals surface area (Å²) in [5.74, 6) is 0. The van der Waals surface area contributed by atoms with Gasteiger partial charge >= 0.3 is 6.18 Å². The quantitative estimate of drug-likeness (QED) is 0.601. The van der Waals surface area contributed by atoms with Crippen LogP contribution in [0.5, 0.6) is 0 Å². The predicted molar refractivity (Wildman–Crippen MR) is 99.2 cm³/mol. The Balaban J connectivity index is 1.70. The number of aliphatic hydroxyl groups is 1. The summed E-state index contributed by atoms with van der Waals surface area (Å²) in [5.41, 5.74) is -0.0439. The van der Waals surface area contributed by atoms with Crippen molar-refractivity contribution < 1.29 is 26.7 Å². The molecule has 0 spiro atoms. The molecule has 0 bridgehead atoms. The Kier molecular flexibility index (Phi) is 5.73. The van der Waals surface area contributed by atoms with Gasteiger partial charge in [0.2, 0.25) is 10.0 Å². The van der Waals surface area contributed by atoms with Crippen LogP contribution in [0.4, 0.5) is 13.2 Å². The molecule has 0 aliphatic carbocycles. The summed E-state index contributed by atoms with van der Waals surface area (Å²) in [5, 5.41) is 14.1. The molecule has 0 amide bonds. The number of hydrogen-bond donors (Lipinski definition) is 2. The average molecular weight is 433 g/mol. The van der Waals surface area contributed by atoms with Crippen LogP contribution in [0, 0.1) is 0 Å². The lowest BCUT2D eigenvalue weighted by molar-refractivity contribution is -0.137. The summed E-state index contributed by atoms with van der Waals surface area (Å²) in [6.45, 7) is -0.345. The minimum atomic E-state index is -4.64. The molecule has 0 aliphatic heterocycles. The van der Waals surface area contributed by atoms with E-state index in [0.717, 1.165) is 28.6 Å². The lowest BCUT2D eigenvalue weighted by Crippen LogP contribution is -2.28. The number of thiophene rings is 2. The number of sulfonamides is 1. The highest BCUT2D eigenvalue weighted by Gasteiger charge is 2.31. The smallest absolute Gasteiger partial charge is 0.386 e. The number of nitrogens with one attached hydrogen (secondary N) is 1. The fraction of sp³-hybridized carbons (Fsp3) is 0.176. The van der Waals surface area contributed by atoms with E-state index in [1.165, 1.54) is 22.7 Å². The molecule has 144 valence electrons. The molecule has 1 atom stereocenters. The molecule has 2 aromatic heterocycles. The summed E-state index contributed by atoms with van der Waals surface area (Å²) < 4.78 is 64.9. The van der Waals surface area contributed by atoms with E-state index >= 15 is 0 Å². The second-order valence-electron chi connectivity index (χ2n) is 5.61. The van der Waals surface area contributed by atoms with Crippen LogP contribution in [0.3, 0.4) is 0 Å². The molecule has 2 N–H and O–H groups in total. The highest BCUT2D eigenvalue weighted by molar-refractivity contribution is 7.89. The van der Waals surface area contributed by atoms with Crippen LogP contribution in [0.25, 0.3) is 10.4 Å². The first-order valence-corrected chi connectivity index (χ1v) is 10.9. The molecule has 4 nitrogen and oxygen atoms in total. The predicted octanol–water partition coefficient (Wildman–Crippen LogP) is 4.51. The van der Waals surface area contributed by atoms with Gasteiger partial charge in [0, 0.05) is 21.9 Å². The first-order valence-electron chi connectivity index (χ1n) is 7.64. The van der Waals surface area contributed by atoms with Gasteiger partial charge in [-0.2, -0.15) is 24.5 Å². The monoisotopic (exact) mass is 433 g/mol. The first-order chi connectivity index (χ1) is 12.7. The number of alkyl halides is 3. The number of rotatable bonds is 6. The maximum absolute atomic E-state index is 12.8. The van der Waals surface area contributed by atoms with Gasteiger partial charge in [-0.3, -0.25) is 0 Å². The molecule has 0 radical (unpaired) electrons. The van der Waals surface area contributed by atoms with Crippen molar-refractivity contribution in [1.82, 2.24) is 4.72 Å². The highest BCUT2D eigenvalue weighted by atomic mass is 32.2. The Morgan fingerprint density at radius 2 is 1.93 bits per heavy atom. The maximum atomic E-state index is 12.8. The molecule has 0 unspecified atom stereocenters. The van der Waals surface area contributed by atoms with E-state index in [4.69, 9.17) is 0 Å². The third-order valence-electron chi connectivity index (χ3n) is 3.70. The van der Waals surface area contributed by atoms with Crippen LogP contribution in [0.2, 0.25) is 0 Å². The molecule has 1 aromatic carbocycles. The van der Waals surface area contributed by atoms with Gasteiger partial charge < -0.3 is 5.11 Å². The molecule has 3 rings (SSSR count). The highest BCUT2D eigenvalue weighted by Crippen LogP contribution is 2.33. The molecule has 27 heavy (non-hydrogen) atoms. The van der Waals surface area contributed by atoms with Gasteiger partial charge in [0.05, 0.1) is 10.5 Å². The van der Waals surface area contributed by atoms with Crippen molar-refractivity contribution in [3.05, 3.63) is 63.7 Å². The maximum Gasteiger partial charge on any atom is 0.416 e. The zero-order chi connectivity index (χ0) is 19.7. The summed E-state index contributed by atoms with van der Waals surface area (Å²) in [4.78, 5) is 0.989. The van der Waals surface area contributed by atoms with E-state index in [1.54, 1.807) is 6.07 Å². The van der Waals surface area contributed by atoms with Crippen molar-refractivity contribution >= 4 is 32.7 Å². The van der Waals surface area contributed by atoms with E-state index < -0.39 is 32.8 Å². The lowest BCUT2D eigenvalue weighted by Gasteiger charge is -2.12. The molecular formula is C17H14F3NO3S3. The van der Waals surface area contributed by atoms with Crippen molar-refractivity contribution in [1.29, 1.82) is 0 Å². The molecule has 0 saturated carbocycles. The Labute approximate surface area is 162 Å². The van der Waals surface area contributed by atoms with Crippen molar-refractivity contribution in [3.8, 4) is 10.4 Å².